The van der Waals surface area contributed by atoms with Gasteiger partial charge in [-0.2, -0.15) is 0 Å². The summed E-state index contributed by atoms with van der Waals surface area (Å²) in [7, 11) is 0. The summed E-state index contributed by atoms with van der Waals surface area (Å²) in [6.07, 6.45) is 16.8. The van der Waals surface area contributed by atoms with Crippen LogP contribution in [0.5, 0.6) is 0 Å². The Balaban J connectivity index is 4.13. The molecular formula is C24H45NO4. The minimum atomic E-state index is -0.932. The molecule has 0 aromatic rings. The molecule has 170 valence electrons. The van der Waals surface area contributed by atoms with Crippen molar-refractivity contribution in [2.45, 2.75) is 123 Å². The number of hydrogen-bond acceptors (Lipinski definition) is 3. The number of carbonyl (C=O) groups excluding carboxylic acids is 2. The quantitative estimate of drug-likeness (QED) is 0.230. The van der Waals surface area contributed by atoms with Crippen molar-refractivity contribution in [1.29, 1.82) is 0 Å². The highest BCUT2D eigenvalue weighted by Gasteiger charge is 2.17. The molecule has 0 aliphatic heterocycles. The van der Waals surface area contributed by atoms with Crippen molar-refractivity contribution in [2.75, 3.05) is 13.1 Å². The van der Waals surface area contributed by atoms with Crippen LogP contribution in [-0.2, 0) is 14.4 Å². The number of unbranched alkanes of at least 4 members (excludes halogenated alkanes) is 12. The molecule has 5 nitrogen and oxygen atoms in total. The van der Waals surface area contributed by atoms with Gasteiger partial charge >= 0.3 is 5.97 Å². The predicted octanol–water partition coefficient (Wildman–Crippen LogP) is 6.14. The van der Waals surface area contributed by atoms with Crippen molar-refractivity contribution >= 4 is 17.7 Å². The summed E-state index contributed by atoms with van der Waals surface area (Å²) < 4.78 is 0. The summed E-state index contributed by atoms with van der Waals surface area (Å²) in [5.74, 6) is -0.956. The lowest BCUT2D eigenvalue weighted by atomic mass is 10.1. The van der Waals surface area contributed by atoms with Gasteiger partial charge in [0.25, 0.3) is 0 Å². The smallest absolute Gasteiger partial charge is 0.305 e. The number of carbonyl (C=O) groups is 3. The van der Waals surface area contributed by atoms with Crippen molar-refractivity contribution in [1.82, 2.24) is 4.90 Å². The molecule has 0 saturated carbocycles. The number of aliphatic carboxylic acids is 1. The zero-order chi connectivity index (χ0) is 21.7. The maximum Gasteiger partial charge on any atom is 0.305 e. The predicted molar refractivity (Wildman–Crippen MR) is 119 cm³/mol. The number of ketones is 1. The Bertz CT molecular complexity index is 437. The van der Waals surface area contributed by atoms with Gasteiger partial charge in [0.15, 0.2) is 5.78 Å². The molecule has 0 aliphatic carbocycles. The lowest BCUT2D eigenvalue weighted by molar-refractivity contribution is -0.140. The lowest BCUT2D eigenvalue weighted by Gasteiger charge is -2.21. The average molecular weight is 412 g/mol. The topological polar surface area (TPSA) is 74.7 Å². The summed E-state index contributed by atoms with van der Waals surface area (Å²) in [4.78, 5) is 37.1. The van der Waals surface area contributed by atoms with E-state index in [0.717, 1.165) is 38.5 Å². The second-order valence-corrected chi connectivity index (χ2v) is 8.24. The summed E-state index contributed by atoms with van der Waals surface area (Å²) in [5, 5.41) is 8.93. The molecule has 1 N–H and O–H groups in total. The first-order valence-corrected chi connectivity index (χ1v) is 12.0. The van der Waals surface area contributed by atoms with Gasteiger partial charge in [0.2, 0.25) is 5.91 Å². The maximum absolute atomic E-state index is 12.5. The number of nitrogens with zero attached hydrogens (tertiary/aromatic N) is 1. The third-order valence-corrected chi connectivity index (χ3v) is 5.37. The normalized spacial score (nSPS) is 10.8. The molecule has 0 rings (SSSR count). The van der Waals surface area contributed by atoms with Crippen LogP contribution in [0.3, 0.4) is 0 Å². The molecule has 5 heteroatoms. The first-order chi connectivity index (χ1) is 14.0. The van der Waals surface area contributed by atoms with Crippen molar-refractivity contribution < 1.29 is 19.5 Å². The van der Waals surface area contributed by atoms with Gasteiger partial charge in [-0.05, 0) is 12.8 Å². The Morgan fingerprint density at radius 1 is 0.621 bits per heavy atom. The summed E-state index contributed by atoms with van der Waals surface area (Å²) in [6, 6.07) is 0. The van der Waals surface area contributed by atoms with E-state index in [1.165, 1.54) is 56.3 Å². The van der Waals surface area contributed by atoms with E-state index in [0.29, 0.717) is 12.8 Å². The first kappa shape index (κ1) is 27.6. The molecule has 29 heavy (non-hydrogen) atoms. The van der Waals surface area contributed by atoms with Crippen LogP contribution in [0.1, 0.15) is 123 Å². The Hall–Kier alpha value is -1.39. The van der Waals surface area contributed by atoms with Crippen LogP contribution < -0.4 is 0 Å². The van der Waals surface area contributed by atoms with Crippen molar-refractivity contribution in [3.05, 3.63) is 0 Å². The van der Waals surface area contributed by atoms with Crippen LogP contribution in [0.4, 0.5) is 0 Å². The highest BCUT2D eigenvalue weighted by Crippen LogP contribution is 2.11. The van der Waals surface area contributed by atoms with E-state index in [9.17, 15) is 14.4 Å². The molecular weight excluding hydrogens is 366 g/mol. The van der Waals surface area contributed by atoms with Gasteiger partial charge in [0.05, 0.1) is 13.0 Å². The number of carboxylic acid groups (broad SMARTS) is 1. The van der Waals surface area contributed by atoms with E-state index in [2.05, 4.69) is 13.8 Å². The van der Waals surface area contributed by atoms with Crippen LogP contribution in [0.2, 0.25) is 0 Å². The Kier molecular flexibility index (Phi) is 19.0. The zero-order valence-electron chi connectivity index (χ0n) is 19.1. The van der Waals surface area contributed by atoms with Gasteiger partial charge in [0.1, 0.15) is 0 Å². The second-order valence-electron chi connectivity index (χ2n) is 8.24. The van der Waals surface area contributed by atoms with E-state index >= 15 is 0 Å². The molecule has 1 amide bonds. The fourth-order valence-corrected chi connectivity index (χ4v) is 3.49. The number of carboxylic acids is 1. The van der Waals surface area contributed by atoms with Crippen molar-refractivity contribution in [3.63, 3.8) is 0 Å². The fraction of sp³-hybridized carbons (Fsp3) is 0.875. The largest absolute Gasteiger partial charge is 0.481 e. The minimum Gasteiger partial charge on any atom is -0.481 e. The highest BCUT2D eigenvalue weighted by molar-refractivity contribution is 5.86. The third-order valence-electron chi connectivity index (χ3n) is 5.37. The lowest BCUT2D eigenvalue weighted by Crippen LogP contribution is -2.37. The molecule has 0 atom stereocenters. The van der Waals surface area contributed by atoms with Gasteiger partial charge < -0.3 is 10.0 Å². The monoisotopic (exact) mass is 411 g/mol. The summed E-state index contributed by atoms with van der Waals surface area (Å²) in [5.41, 5.74) is 0. The zero-order valence-corrected chi connectivity index (χ0v) is 19.1. The average Bonchev–Trinajstić information content (AvgIpc) is 2.69. The number of amides is 1. The van der Waals surface area contributed by atoms with Gasteiger partial charge in [-0.15, -0.1) is 0 Å². The molecule has 0 radical (unpaired) electrons. The van der Waals surface area contributed by atoms with E-state index in [-0.39, 0.29) is 31.2 Å². The third kappa shape index (κ3) is 18.4. The van der Waals surface area contributed by atoms with E-state index < -0.39 is 5.97 Å². The van der Waals surface area contributed by atoms with Crippen LogP contribution in [0.15, 0.2) is 0 Å². The van der Waals surface area contributed by atoms with E-state index in [1.54, 1.807) is 0 Å². The standard InChI is InChI=1S/C24H45NO4/c1-3-5-7-9-11-13-15-17-22(26)21-25(20-19-24(28)29)23(27)18-16-14-12-10-8-6-4-2/h3-21H2,1-2H3,(H,28,29). The van der Waals surface area contributed by atoms with Crippen molar-refractivity contribution in [3.8, 4) is 0 Å². The van der Waals surface area contributed by atoms with Crippen LogP contribution in [0.25, 0.3) is 0 Å². The maximum atomic E-state index is 12.5. The summed E-state index contributed by atoms with van der Waals surface area (Å²) >= 11 is 0. The number of hydrogen-bond donors (Lipinski definition) is 1. The fourth-order valence-electron chi connectivity index (χ4n) is 3.49. The van der Waals surface area contributed by atoms with Gasteiger partial charge in [-0.1, -0.05) is 90.9 Å². The Morgan fingerprint density at radius 3 is 1.55 bits per heavy atom. The number of rotatable bonds is 21. The van der Waals surface area contributed by atoms with Gasteiger partial charge in [-0.25, -0.2) is 0 Å². The molecule has 0 saturated heterocycles. The number of Topliss-reactive ketones (excluding diaryl/α,β-unsaturated/α-hetero) is 1. The Labute approximate surface area is 178 Å². The molecule has 0 aromatic heterocycles. The first-order valence-electron chi connectivity index (χ1n) is 12.0. The van der Waals surface area contributed by atoms with Gasteiger partial charge in [-0.3, -0.25) is 14.4 Å². The van der Waals surface area contributed by atoms with Crippen LogP contribution in [-0.4, -0.2) is 40.8 Å². The molecule has 0 heterocycles. The van der Waals surface area contributed by atoms with E-state index in [1.807, 2.05) is 0 Å². The molecule has 0 aromatic carbocycles. The van der Waals surface area contributed by atoms with Crippen LogP contribution in [0, 0.1) is 0 Å². The van der Waals surface area contributed by atoms with Crippen molar-refractivity contribution in [2.24, 2.45) is 0 Å². The summed E-state index contributed by atoms with van der Waals surface area (Å²) in [6.45, 7) is 4.59. The van der Waals surface area contributed by atoms with E-state index in [4.69, 9.17) is 5.11 Å². The molecule has 0 bridgehead atoms. The molecule has 0 unspecified atom stereocenters. The Morgan fingerprint density at radius 2 is 1.07 bits per heavy atom. The molecule has 0 fully saturated rings. The van der Waals surface area contributed by atoms with Gasteiger partial charge in [0, 0.05) is 19.4 Å². The molecule has 0 spiro atoms. The van der Waals surface area contributed by atoms with Crippen LogP contribution >= 0.6 is 0 Å². The minimum absolute atomic E-state index is 0.0527. The highest BCUT2D eigenvalue weighted by atomic mass is 16.4. The molecule has 0 aliphatic rings. The SMILES string of the molecule is CCCCCCCCCC(=O)CN(CCC(=O)O)C(=O)CCCCCCCCC. The second kappa shape index (κ2) is 19.9.